The van der Waals surface area contributed by atoms with E-state index < -0.39 is 10.0 Å². The third kappa shape index (κ3) is 4.94. The minimum absolute atomic E-state index is 0.118. The van der Waals surface area contributed by atoms with Gasteiger partial charge in [0.2, 0.25) is 10.0 Å². The monoisotopic (exact) mass is 408 g/mol. The van der Waals surface area contributed by atoms with Gasteiger partial charge in [-0.25, -0.2) is 13.1 Å². The summed E-state index contributed by atoms with van der Waals surface area (Å²) in [4.78, 5) is 2.51. The summed E-state index contributed by atoms with van der Waals surface area (Å²) in [6.45, 7) is 4.65. The van der Waals surface area contributed by atoms with Gasteiger partial charge in [-0.1, -0.05) is 30.7 Å². The molecule has 0 amide bonds. The molecule has 1 heterocycles. The number of nitrogens with one attached hydrogen (secondary N) is 1. The molecule has 1 atom stereocenters. The average molecular weight is 409 g/mol. The van der Waals surface area contributed by atoms with Crippen LogP contribution in [0.25, 0.3) is 0 Å². The van der Waals surface area contributed by atoms with Gasteiger partial charge in [-0.2, -0.15) is 0 Å². The van der Waals surface area contributed by atoms with Crippen LogP contribution >= 0.6 is 11.6 Å². The molecule has 1 aliphatic heterocycles. The molecule has 2 aromatic carbocycles. The minimum Gasteiger partial charge on any atom is -0.495 e. The Bertz CT molecular complexity index is 885. The van der Waals surface area contributed by atoms with Crippen molar-refractivity contribution < 1.29 is 13.2 Å². The van der Waals surface area contributed by atoms with Crippen molar-refractivity contribution in [1.29, 1.82) is 0 Å². The lowest BCUT2D eigenvalue weighted by molar-refractivity contribution is 0.414. The average Bonchev–Trinajstić information content (AvgIpc) is 2.67. The van der Waals surface area contributed by atoms with Crippen molar-refractivity contribution in [1.82, 2.24) is 4.72 Å². The lowest BCUT2D eigenvalue weighted by Gasteiger charge is -2.32. The zero-order chi connectivity index (χ0) is 19.4. The molecule has 0 spiro atoms. The van der Waals surface area contributed by atoms with Crippen molar-refractivity contribution >= 4 is 27.3 Å². The molecule has 0 unspecified atom stereocenters. The highest BCUT2D eigenvalue weighted by molar-refractivity contribution is 7.89. The van der Waals surface area contributed by atoms with Crippen LogP contribution in [0, 0.1) is 5.92 Å². The highest BCUT2D eigenvalue weighted by atomic mass is 35.5. The van der Waals surface area contributed by atoms with E-state index in [1.165, 1.54) is 37.8 Å². The Morgan fingerprint density at radius 2 is 1.96 bits per heavy atom. The molecule has 1 fully saturated rings. The van der Waals surface area contributed by atoms with Crippen LogP contribution in [0.5, 0.6) is 5.75 Å². The van der Waals surface area contributed by atoms with E-state index in [0.29, 0.717) is 11.7 Å². The Hall–Kier alpha value is -1.76. The number of anilines is 1. The van der Waals surface area contributed by atoms with Crippen LogP contribution in [0.2, 0.25) is 5.02 Å². The summed E-state index contributed by atoms with van der Waals surface area (Å²) in [6, 6.07) is 12.5. The van der Waals surface area contributed by atoms with Crippen molar-refractivity contribution in [3.8, 4) is 5.75 Å². The molecule has 0 aliphatic carbocycles. The normalized spacial score (nSPS) is 17.7. The van der Waals surface area contributed by atoms with E-state index in [4.69, 9.17) is 16.3 Å². The number of sulfonamides is 1. The maximum absolute atomic E-state index is 12.5. The standard InChI is InChI=1S/C20H25ClN2O3S/c1-15-4-3-11-23(14-15)17-7-5-16(6-8-17)13-22-27(24,25)18-9-10-20(26-2)19(21)12-18/h5-10,12,15,22H,3-4,11,13-14H2,1-2H3/t15-/m1/s1. The van der Waals surface area contributed by atoms with Crippen LogP contribution in [0.15, 0.2) is 47.4 Å². The third-order valence-corrected chi connectivity index (χ3v) is 6.55. The number of methoxy groups -OCH3 is 1. The van der Waals surface area contributed by atoms with Crippen molar-refractivity contribution in [2.75, 3.05) is 25.1 Å². The second kappa shape index (κ2) is 8.50. The van der Waals surface area contributed by atoms with Gasteiger partial charge in [0.1, 0.15) is 5.75 Å². The van der Waals surface area contributed by atoms with E-state index in [1.807, 2.05) is 12.1 Å². The molecular formula is C20H25ClN2O3S. The first-order valence-corrected chi connectivity index (χ1v) is 10.9. The van der Waals surface area contributed by atoms with Crippen LogP contribution in [-0.2, 0) is 16.6 Å². The fourth-order valence-electron chi connectivity index (χ4n) is 3.32. The molecule has 146 valence electrons. The Kier molecular flexibility index (Phi) is 6.29. The van der Waals surface area contributed by atoms with Crippen LogP contribution in [0.3, 0.4) is 0 Å². The van der Waals surface area contributed by atoms with E-state index in [2.05, 4.69) is 28.7 Å². The number of halogens is 1. The number of rotatable bonds is 6. The van der Waals surface area contributed by atoms with Gasteiger partial charge in [-0.15, -0.1) is 0 Å². The first-order valence-electron chi connectivity index (χ1n) is 9.06. The quantitative estimate of drug-likeness (QED) is 0.782. The molecule has 3 rings (SSSR count). The number of ether oxygens (including phenoxy) is 1. The number of hydrogen-bond donors (Lipinski definition) is 1. The number of nitrogens with zero attached hydrogens (tertiary/aromatic N) is 1. The molecule has 1 N–H and O–H groups in total. The Balaban J connectivity index is 1.64. The molecule has 27 heavy (non-hydrogen) atoms. The fourth-order valence-corrected chi connectivity index (χ4v) is 4.69. The minimum atomic E-state index is -3.64. The summed E-state index contributed by atoms with van der Waals surface area (Å²) in [7, 11) is -2.16. The van der Waals surface area contributed by atoms with E-state index in [9.17, 15) is 8.42 Å². The van der Waals surface area contributed by atoms with E-state index in [0.717, 1.165) is 18.7 Å². The Morgan fingerprint density at radius 1 is 1.22 bits per heavy atom. The molecular weight excluding hydrogens is 384 g/mol. The first-order chi connectivity index (χ1) is 12.9. The van der Waals surface area contributed by atoms with Gasteiger partial charge in [0, 0.05) is 25.3 Å². The Morgan fingerprint density at radius 3 is 2.59 bits per heavy atom. The predicted molar refractivity (Wildman–Crippen MR) is 109 cm³/mol. The maximum atomic E-state index is 12.5. The summed E-state index contributed by atoms with van der Waals surface area (Å²) in [6.07, 6.45) is 2.50. The van der Waals surface area contributed by atoms with Gasteiger partial charge in [-0.3, -0.25) is 0 Å². The number of piperidine rings is 1. The van der Waals surface area contributed by atoms with Crippen molar-refractivity contribution in [3.63, 3.8) is 0 Å². The third-order valence-electron chi connectivity index (χ3n) is 4.86. The molecule has 0 bridgehead atoms. The Labute approximate surface area is 166 Å². The second-order valence-corrected chi connectivity index (χ2v) is 9.15. The van der Waals surface area contributed by atoms with Crippen molar-refractivity contribution in [2.24, 2.45) is 5.92 Å². The van der Waals surface area contributed by atoms with Gasteiger partial charge in [0.25, 0.3) is 0 Å². The van der Waals surface area contributed by atoms with Gasteiger partial charge < -0.3 is 9.64 Å². The molecule has 5 nitrogen and oxygen atoms in total. The smallest absolute Gasteiger partial charge is 0.240 e. The number of benzene rings is 2. The summed E-state index contributed by atoms with van der Waals surface area (Å²) in [5.74, 6) is 1.15. The van der Waals surface area contributed by atoms with E-state index in [-0.39, 0.29) is 16.5 Å². The zero-order valence-electron chi connectivity index (χ0n) is 15.6. The molecule has 0 aromatic heterocycles. The molecule has 2 aromatic rings. The highest BCUT2D eigenvalue weighted by Crippen LogP contribution is 2.27. The van der Waals surface area contributed by atoms with Crippen LogP contribution in [0.4, 0.5) is 5.69 Å². The van der Waals surface area contributed by atoms with Crippen molar-refractivity contribution in [3.05, 3.63) is 53.1 Å². The summed E-state index contributed by atoms with van der Waals surface area (Å²) < 4.78 is 32.7. The van der Waals surface area contributed by atoms with Crippen LogP contribution < -0.4 is 14.4 Å². The second-order valence-electron chi connectivity index (χ2n) is 6.98. The van der Waals surface area contributed by atoms with Gasteiger partial charge in [0.15, 0.2) is 0 Å². The summed E-state index contributed by atoms with van der Waals surface area (Å²) in [5.41, 5.74) is 2.10. The van der Waals surface area contributed by atoms with Crippen molar-refractivity contribution in [2.45, 2.75) is 31.2 Å². The predicted octanol–water partition coefficient (Wildman–Crippen LogP) is 4.06. The molecule has 0 radical (unpaired) electrons. The molecule has 1 aliphatic rings. The van der Waals surface area contributed by atoms with Gasteiger partial charge in [0.05, 0.1) is 17.0 Å². The zero-order valence-corrected chi connectivity index (χ0v) is 17.2. The van der Waals surface area contributed by atoms with E-state index >= 15 is 0 Å². The maximum Gasteiger partial charge on any atom is 0.240 e. The van der Waals surface area contributed by atoms with E-state index in [1.54, 1.807) is 6.07 Å². The SMILES string of the molecule is COc1ccc(S(=O)(=O)NCc2ccc(N3CCC[C@@H](C)C3)cc2)cc1Cl. The van der Waals surface area contributed by atoms with Crippen LogP contribution in [-0.4, -0.2) is 28.6 Å². The molecule has 7 heteroatoms. The fraction of sp³-hybridized carbons (Fsp3) is 0.400. The van der Waals surface area contributed by atoms with Gasteiger partial charge in [-0.05, 0) is 54.7 Å². The van der Waals surface area contributed by atoms with Crippen LogP contribution in [0.1, 0.15) is 25.3 Å². The lowest BCUT2D eigenvalue weighted by atomic mass is 9.99. The topological polar surface area (TPSA) is 58.6 Å². The summed E-state index contributed by atoms with van der Waals surface area (Å²) >= 11 is 6.03. The highest BCUT2D eigenvalue weighted by Gasteiger charge is 2.18. The number of hydrogen-bond acceptors (Lipinski definition) is 4. The van der Waals surface area contributed by atoms with Gasteiger partial charge >= 0.3 is 0 Å². The largest absolute Gasteiger partial charge is 0.495 e. The summed E-state index contributed by atoms with van der Waals surface area (Å²) in [5, 5.41) is 0.264. The molecule has 1 saturated heterocycles. The first kappa shape index (κ1) is 20.0. The lowest BCUT2D eigenvalue weighted by Crippen LogP contribution is -2.34. The molecule has 0 saturated carbocycles.